The molecule has 0 saturated carbocycles. The van der Waals surface area contributed by atoms with Crippen LogP contribution in [0.4, 0.5) is 5.69 Å². The summed E-state index contributed by atoms with van der Waals surface area (Å²) in [5, 5.41) is 11.6. The Morgan fingerprint density at radius 1 is 0.958 bits per heavy atom. The number of aliphatic carboxylic acids is 1. The van der Waals surface area contributed by atoms with Crippen LogP contribution >= 0.6 is 0 Å². The number of rotatable bonds is 13. The molecule has 134 valence electrons. The molecule has 0 saturated heterocycles. The van der Waals surface area contributed by atoms with Crippen LogP contribution in [0.25, 0.3) is 0 Å². The number of nitrogens with one attached hydrogen (secondary N) is 1. The molecule has 0 heterocycles. The fourth-order valence-electron chi connectivity index (χ4n) is 2.75. The van der Waals surface area contributed by atoms with Gasteiger partial charge in [0.2, 0.25) is 5.91 Å². The second-order valence-electron chi connectivity index (χ2n) is 6.40. The first-order valence-corrected chi connectivity index (χ1v) is 9.22. The molecule has 0 bridgehead atoms. The van der Waals surface area contributed by atoms with Crippen molar-refractivity contribution in [3.63, 3.8) is 0 Å². The molecule has 0 unspecified atom stereocenters. The zero-order valence-corrected chi connectivity index (χ0v) is 14.9. The molecule has 0 aliphatic carbocycles. The summed E-state index contributed by atoms with van der Waals surface area (Å²) in [5.74, 6) is -0.862. The Labute approximate surface area is 145 Å². The monoisotopic (exact) mass is 333 g/mol. The zero-order chi connectivity index (χ0) is 17.6. The number of unbranched alkanes of at least 4 members (excludes halogenated alkanes) is 8. The molecule has 0 atom stereocenters. The molecular weight excluding hydrogens is 302 g/mol. The third kappa shape index (κ3) is 10.0. The molecule has 0 fully saturated rings. The van der Waals surface area contributed by atoms with Gasteiger partial charge in [0.1, 0.15) is 0 Å². The zero-order valence-electron chi connectivity index (χ0n) is 14.9. The van der Waals surface area contributed by atoms with E-state index in [1.807, 2.05) is 0 Å². The lowest BCUT2D eigenvalue weighted by atomic mass is 10.1. The molecular formula is C20H31NO3. The Morgan fingerprint density at radius 3 is 2.21 bits per heavy atom. The van der Waals surface area contributed by atoms with E-state index < -0.39 is 5.97 Å². The van der Waals surface area contributed by atoms with Gasteiger partial charge in [-0.05, 0) is 24.1 Å². The highest BCUT2D eigenvalue weighted by Crippen LogP contribution is 2.13. The molecule has 0 aromatic heterocycles. The van der Waals surface area contributed by atoms with Gasteiger partial charge in [-0.25, -0.2) is 0 Å². The van der Waals surface area contributed by atoms with Crippen molar-refractivity contribution in [2.24, 2.45) is 0 Å². The van der Waals surface area contributed by atoms with E-state index in [9.17, 15) is 9.59 Å². The lowest BCUT2D eigenvalue weighted by Crippen LogP contribution is -2.11. The van der Waals surface area contributed by atoms with Crippen molar-refractivity contribution in [2.45, 2.75) is 77.6 Å². The van der Waals surface area contributed by atoms with Crippen molar-refractivity contribution in [1.29, 1.82) is 0 Å². The number of carboxylic acids is 1. The van der Waals surface area contributed by atoms with Crippen LogP contribution in [0, 0.1) is 0 Å². The van der Waals surface area contributed by atoms with Gasteiger partial charge in [0.05, 0.1) is 6.42 Å². The number of anilines is 1. The van der Waals surface area contributed by atoms with Crippen molar-refractivity contribution in [3.8, 4) is 0 Å². The van der Waals surface area contributed by atoms with Gasteiger partial charge >= 0.3 is 5.97 Å². The molecule has 0 aliphatic heterocycles. The maximum absolute atomic E-state index is 11.9. The molecule has 4 nitrogen and oxygen atoms in total. The fraction of sp³-hybridized carbons (Fsp3) is 0.600. The minimum atomic E-state index is -0.867. The first-order chi connectivity index (χ1) is 11.6. The SMILES string of the molecule is CCCCCCCCCCCC(=O)Nc1cccc(CC(=O)O)c1. The average Bonchev–Trinajstić information content (AvgIpc) is 2.53. The number of carbonyl (C=O) groups is 2. The maximum Gasteiger partial charge on any atom is 0.307 e. The molecule has 24 heavy (non-hydrogen) atoms. The van der Waals surface area contributed by atoms with Crippen molar-refractivity contribution in [3.05, 3.63) is 29.8 Å². The smallest absolute Gasteiger partial charge is 0.307 e. The third-order valence-corrected chi connectivity index (χ3v) is 4.07. The maximum atomic E-state index is 11.9. The molecule has 4 heteroatoms. The van der Waals surface area contributed by atoms with Gasteiger partial charge in [0, 0.05) is 12.1 Å². The molecule has 0 radical (unpaired) electrons. The first-order valence-electron chi connectivity index (χ1n) is 9.22. The fourth-order valence-corrected chi connectivity index (χ4v) is 2.75. The Hall–Kier alpha value is -1.84. The third-order valence-electron chi connectivity index (χ3n) is 4.07. The van der Waals surface area contributed by atoms with E-state index in [0.717, 1.165) is 12.8 Å². The Bertz CT molecular complexity index is 499. The van der Waals surface area contributed by atoms with Gasteiger partial charge in [-0.2, -0.15) is 0 Å². The lowest BCUT2D eigenvalue weighted by molar-refractivity contribution is -0.136. The van der Waals surface area contributed by atoms with Gasteiger partial charge in [-0.3, -0.25) is 9.59 Å². The molecule has 2 N–H and O–H groups in total. The summed E-state index contributed by atoms with van der Waals surface area (Å²) >= 11 is 0. The quantitative estimate of drug-likeness (QED) is 0.489. The largest absolute Gasteiger partial charge is 0.481 e. The highest BCUT2D eigenvalue weighted by molar-refractivity contribution is 5.90. The van der Waals surface area contributed by atoms with E-state index in [-0.39, 0.29) is 12.3 Å². The van der Waals surface area contributed by atoms with E-state index in [1.54, 1.807) is 24.3 Å². The minimum absolute atomic E-state index is 0.00502. The van der Waals surface area contributed by atoms with Gasteiger partial charge in [-0.15, -0.1) is 0 Å². The molecule has 1 rings (SSSR count). The van der Waals surface area contributed by atoms with Crippen molar-refractivity contribution >= 4 is 17.6 Å². The summed E-state index contributed by atoms with van der Waals surface area (Å²) in [6.45, 7) is 2.23. The number of carbonyl (C=O) groups excluding carboxylic acids is 1. The second-order valence-corrected chi connectivity index (χ2v) is 6.40. The van der Waals surface area contributed by atoms with Gasteiger partial charge in [0.15, 0.2) is 0 Å². The summed E-state index contributed by atoms with van der Waals surface area (Å²) in [5.41, 5.74) is 1.37. The van der Waals surface area contributed by atoms with Crippen LogP contribution in [-0.2, 0) is 16.0 Å². The van der Waals surface area contributed by atoms with Gasteiger partial charge in [-0.1, -0.05) is 70.4 Å². The Morgan fingerprint density at radius 2 is 1.58 bits per heavy atom. The normalized spacial score (nSPS) is 10.5. The number of benzene rings is 1. The molecule has 1 aromatic carbocycles. The number of hydrogen-bond acceptors (Lipinski definition) is 2. The van der Waals surface area contributed by atoms with E-state index >= 15 is 0 Å². The highest BCUT2D eigenvalue weighted by atomic mass is 16.4. The topological polar surface area (TPSA) is 66.4 Å². The number of amides is 1. The summed E-state index contributed by atoms with van der Waals surface area (Å²) in [7, 11) is 0. The van der Waals surface area contributed by atoms with E-state index in [0.29, 0.717) is 17.7 Å². The lowest BCUT2D eigenvalue weighted by Gasteiger charge is -2.07. The standard InChI is InChI=1S/C20H31NO3/c1-2-3-4-5-6-7-8-9-10-14-19(22)21-18-13-11-12-17(15-18)16-20(23)24/h11-13,15H,2-10,14,16H2,1H3,(H,21,22)(H,23,24). The molecule has 0 aliphatic rings. The van der Waals surface area contributed by atoms with Crippen LogP contribution in [0.5, 0.6) is 0 Å². The Kier molecular flexibility index (Phi) is 10.6. The van der Waals surface area contributed by atoms with Crippen LogP contribution in [0.1, 0.15) is 76.7 Å². The van der Waals surface area contributed by atoms with Crippen LogP contribution in [-0.4, -0.2) is 17.0 Å². The Balaban J connectivity index is 2.12. The minimum Gasteiger partial charge on any atom is -0.481 e. The van der Waals surface area contributed by atoms with E-state index in [1.165, 1.54) is 44.9 Å². The van der Waals surface area contributed by atoms with Crippen molar-refractivity contribution in [1.82, 2.24) is 0 Å². The van der Waals surface area contributed by atoms with E-state index in [2.05, 4.69) is 12.2 Å². The molecule has 0 spiro atoms. The predicted octanol–water partition coefficient (Wildman–Crippen LogP) is 5.17. The average molecular weight is 333 g/mol. The summed E-state index contributed by atoms with van der Waals surface area (Å²) < 4.78 is 0. The van der Waals surface area contributed by atoms with E-state index in [4.69, 9.17) is 5.11 Å². The molecule has 1 aromatic rings. The van der Waals surface area contributed by atoms with Gasteiger partial charge < -0.3 is 10.4 Å². The predicted molar refractivity (Wildman–Crippen MR) is 98.3 cm³/mol. The molecule has 1 amide bonds. The van der Waals surface area contributed by atoms with Crippen LogP contribution in [0.3, 0.4) is 0 Å². The number of carboxylic acid groups (broad SMARTS) is 1. The summed E-state index contributed by atoms with van der Waals surface area (Å²) in [4.78, 5) is 22.6. The van der Waals surface area contributed by atoms with Crippen molar-refractivity contribution in [2.75, 3.05) is 5.32 Å². The van der Waals surface area contributed by atoms with Gasteiger partial charge in [0.25, 0.3) is 0 Å². The second kappa shape index (κ2) is 12.6. The van der Waals surface area contributed by atoms with Crippen LogP contribution in [0.2, 0.25) is 0 Å². The first kappa shape index (κ1) is 20.2. The summed E-state index contributed by atoms with van der Waals surface area (Å²) in [6.07, 6.45) is 11.6. The van der Waals surface area contributed by atoms with Crippen LogP contribution in [0.15, 0.2) is 24.3 Å². The summed E-state index contributed by atoms with van der Waals surface area (Å²) in [6, 6.07) is 7.04. The number of hydrogen-bond donors (Lipinski definition) is 2. The highest BCUT2D eigenvalue weighted by Gasteiger charge is 2.05. The van der Waals surface area contributed by atoms with Crippen molar-refractivity contribution < 1.29 is 14.7 Å². The van der Waals surface area contributed by atoms with Crippen LogP contribution < -0.4 is 5.32 Å².